The third-order valence-corrected chi connectivity index (χ3v) is 3.55. The summed E-state index contributed by atoms with van der Waals surface area (Å²) in [6.07, 6.45) is 2.62. The molecule has 0 aliphatic rings. The lowest BCUT2D eigenvalue weighted by Crippen LogP contribution is -2.37. The lowest BCUT2D eigenvalue weighted by atomic mass is 10.1. The van der Waals surface area contributed by atoms with E-state index in [1.54, 1.807) is 32.3 Å². The van der Waals surface area contributed by atoms with Crippen molar-refractivity contribution >= 4 is 35.9 Å². The van der Waals surface area contributed by atoms with Gasteiger partial charge in [0.15, 0.2) is 5.96 Å². The average molecular weight is 468 g/mol. The number of aromatic nitrogens is 1. The number of carbonyl (C=O) groups excluding carboxylic acids is 1. The predicted octanol–water partition coefficient (Wildman–Crippen LogP) is 2.78. The molecule has 0 saturated heterocycles. The lowest BCUT2D eigenvalue weighted by Gasteiger charge is -2.12. The van der Waals surface area contributed by atoms with Gasteiger partial charge in [0.05, 0.1) is 12.2 Å². The van der Waals surface area contributed by atoms with Crippen LogP contribution >= 0.6 is 24.0 Å². The van der Waals surface area contributed by atoms with Crippen molar-refractivity contribution in [2.45, 2.75) is 19.9 Å². The summed E-state index contributed by atoms with van der Waals surface area (Å²) in [6.45, 7) is 3.54. The van der Waals surface area contributed by atoms with Crippen LogP contribution in [-0.4, -0.2) is 37.1 Å². The lowest BCUT2D eigenvalue weighted by molar-refractivity contribution is 0.0526. The van der Waals surface area contributed by atoms with Crippen LogP contribution in [0.25, 0.3) is 0 Å². The molecule has 0 unspecified atom stereocenters. The second kappa shape index (κ2) is 12.2. The molecule has 2 aromatic rings. The highest BCUT2D eigenvalue weighted by Crippen LogP contribution is 2.06. The minimum atomic E-state index is -0.297. The van der Waals surface area contributed by atoms with Gasteiger partial charge in [0, 0.05) is 38.4 Å². The summed E-state index contributed by atoms with van der Waals surface area (Å²) in [6, 6.07) is 13.2. The van der Waals surface area contributed by atoms with Gasteiger partial charge >= 0.3 is 5.97 Å². The first-order valence-corrected chi connectivity index (χ1v) is 8.33. The second-order valence-corrected chi connectivity index (χ2v) is 5.34. The SMILES string of the molecule is CCOC(=O)c1ccc(CNC(=NC)NCCc2ccccn2)cc1.I. The molecule has 0 atom stereocenters. The van der Waals surface area contributed by atoms with E-state index in [2.05, 4.69) is 20.6 Å². The molecule has 0 aliphatic heterocycles. The van der Waals surface area contributed by atoms with Gasteiger partial charge in [-0.1, -0.05) is 18.2 Å². The first kappa shape index (κ1) is 21.9. The van der Waals surface area contributed by atoms with Crippen molar-refractivity contribution in [3.63, 3.8) is 0 Å². The van der Waals surface area contributed by atoms with Gasteiger partial charge in [-0.15, -0.1) is 24.0 Å². The number of aliphatic imine (C=N–C) groups is 1. The van der Waals surface area contributed by atoms with Gasteiger partial charge in [-0.25, -0.2) is 4.79 Å². The zero-order valence-electron chi connectivity index (χ0n) is 15.1. The normalized spacial score (nSPS) is 10.6. The molecule has 26 heavy (non-hydrogen) atoms. The fraction of sp³-hybridized carbons (Fsp3) is 0.316. The third-order valence-electron chi connectivity index (χ3n) is 3.55. The van der Waals surface area contributed by atoms with Crippen LogP contribution < -0.4 is 10.6 Å². The Labute approximate surface area is 171 Å². The molecular weight excluding hydrogens is 443 g/mol. The predicted molar refractivity (Wildman–Crippen MR) is 114 cm³/mol. The van der Waals surface area contributed by atoms with Gasteiger partial charge in [-0.2, -0.15) is 0 Å². The van der Waals surface area contributed by atoms with E-state index >= 15 is 0 Å². The summed E-state index contributed by atoms with van der Waals surface area (Å²) in [4.78, 5) is 20.1. The molecule has 0 amide bonds. The highest BCUT2D eigenvalue weighted by Gasteiger charge is 2.06. The van der Waals surface area contributed by atoms with Crippen LogP contribution in [0.15, 0.2) is 53.7 Å². The highest BCUT2D eigenvalue weighted by atomic mass is 127. The number of carbonyl (C=O) groups is 1. The number of hydrogen-bond acceptors (Lipinski definition) is 4. The van der Waals surface area contributed by atoms with Gasteiger partial charge < -0.3 is 15.4 Å². The molecule has 140 valence electrons. The zero-order chi connectivity index (χ0) is 17.9. The van der Waals surface area contributed by atoms with Gasteiger partial charge in [-0.05, 0) is 36.8 Å². The number of nitrogens with zero attached hydrogens (tertiary/aromatic N) is 2. The van der Waals surface area contributed by atoms with Crippen LogP contribution in [0.5, 0.6) is 0 Å². The minimum absolute atomic E-state index is 0. The summed E-state index contributed by atoms with van der Waals surface area (Å²) in [7, 11) is 1.74. The van der Waals surface area contributed by atoms with E-state index in [4.69, 9.17) is 4.74 Å². The Morgan fingerprint density at radius 1 is 1.15 bits per heavy atom. The first-order valence-electron chi connectivity index (χ1n) is 8.33. The van der Waals surface area contributed by atoms with Crippen molar-refractivity contribution in [1.82, 2.24) is 15.6 Å². The minimum Gasteiger partial charge on any atom is -0.462 e. The van der Waals surface area contributed by atoms with Gasteiger partial charge in [-0.3, -0.25) is 9.98 Å². The zero-order valence-corrected chi connectivity index (χ0v) is 17.4. The number of rotatable bonds is 7. The maximum Gasteiger partial charge on any atom is 0.338 e. The maximum atomic E-state index is 11.6. The molecule has 0 saturated carbocycles. The number of guanidine groups is 1. The number of nitrogens with one attached hydrogen (secondary N) is 2. The van der Waals surface area contributed by atoms with Crippen molar-refractivity contribution < 1.29 is 9.53 Å². The van der Waals surface area contributed by atoms with Crippen molar-refractivity contribution in [2.24, 2.45) is 4.99 Å². The molecular formula is C19H25IN4O2. The molecule has 7 heteroatoms. The first-order chi connectivity index (χ1) is 12.2. The summed E-state index contributed by atoms with van der Waals surface area (Å²) in [5.74, 6) is 0.430. The molecule has 1 aromatic carbocycles. The fourth-order valence-corrected chi connectivity index (χ4v) is 2.23. The number of ether oxygens (including phenoxy) is 1. The van der Waals surface area contributed by atoms with E-state index < -0.39 is 0 Å². The van der Waals surface area contributed by atoms with E-state index in [1.807, 2.05) is 30.3 Å². The average Bonchev–Trinajstić information content (AvgIpc) is 2.66. The van der Waals surface area contributed by atoms with Crippen molar-refractivity contribution in [3.05, 3.63) is 65.5 Å². The molecule has 0 radical (unpaired) electrons. The quantitative estimate of drug-likeness (QED) is 0.283. The summed E-state index contributed by atoms with van der Waals surface area (Å²) in [5.41, 5.74) is 2.66. The summed E-state index contributed by atoms with van der Waals surface area (Å²) < 4.78 is 4.98. The number of benzene rings is 1. The Hall–Kier alpha value is -2.16. The molecule has 2 rings (SSSR count). The molecule has 6 nitrogen and oxygen atoms in total. The molecule has 1 aromatic heterocycles. The van der Waals surface area contributed by atoms with Crippen molar-refractivity contribution in [3.8, 4) is 0 Å². The number of hydrogen-bond donors (Lipinski definition) is 2. The van der Waals surface area contributed by atoms with E-state index in [0.717, 1.165) is 30.2 Å². The molecule has 0 aliphatic carbocycles. The summed E-state index contributed by atoms with van der Waals surface area (Å²) >= 11 is 0. The Kier molecular flexibility index (Phi) is 10.3. The van der Waals surface area contributed by atoms with E-state index in [1.165, 1.54) is 0 Å². The second-order valence-electron chi connectivity index (χ2n) is 5.34. The Morgan fingerprint density at radius 2 is 1.92 bits per heavy atom. The van der Waals surface area contributed by atoms with Gasteiger partial charge in [0.1, 0.15) is 0 Å². The third kappa shape index (κ3) is 7.38. The number of pyridine rings is 1. The molecule has 2 N–H and O–H groups in total. The smallest absolute Gasteiger partial charge is 0.338 e. The largest absolute Gasteiger partial charge is 0.462 e. The topological polar surface area (TPSA) is 75.6 Å². The standard InChI is InChI=1S/C19H24N4O2.HI/c1-3-25-18(24)16-9-7-15(8-10-16)14-23-19(20-2)22-13-11-17-6-4-5-12-21-17;/h4-10,12H,3,11,13-14H2,1-2H3,(H2,20,22,23);1H. The van der Waals surface area contributed by atoms with Crippen molar-refractivity contribution in [1.29, 1.82) is 0 Å². The summed E-state index contributed by atoms with van der Waals surface area (Å²) in [5, 5.41) is 6.51. The van der Waals surface area contributed by atoms with Crippen LogP contribution in [0.3, 0.4) is 0 Å². The van der Waals surface area contributed by atoms with Crippen LogP contribution in [0.4, 0.5) is 0 Å². The molecule has 0 fully saturated rings. The van der Waals surface area contributed by atoms with Crippen LogP contribution in [0.1, 0.15) is 28.5 Å². The van der Waals surface area contributed by atoms with E-state index in [9.17, 15) is 4.79 Å². The van der Waals surface area contributed by atoms with E-state index in [0.29, 0.717) is 18.7 Å². The fourth-order valence-electron chi connectivity index (χ4n) is 2.23. The van der Waals surface area contributed by atoms with Crippen molar-refractivity contribution in [2.75, 3.05) is 20.2 Å². The molecule has 0 spiro atoms. The monoisotopic (exact) mass is 468 g/mol. The molecule has 0 bridgehead atoms. The maximum absolute atomic E-state index is 11.6. The van der Waals surface area contributed by atoms with E-state index in [-0.39, 0.29) is 29.9 Å². The van der Waals surface area contributed by atoms with Crippen LogP contribution in [0.2, 0.25) is 0 Å². The number of halogens is 1. The van der Waals surface area contributed by atoms with Gasteiger partial charge in [0.25, 0.3) is 0 Å². The number of esters is 1. The molecule has 1 heterocycles. The van der Waals surface area contributed by atoms with Crippen LogP contribution in [-0.2, 0) is 17.7 Å². The van der Waals surface area contributed by atoms with Gasteiger partial charge in [0.2, 0.25) is 0 Å². The van der Waals surface area contributed by atoms with Crippen LogP contribution in [0, 0.1) is 0 Å². The highest BCUT2D eigenvalue weighted by molar-refractivity contribution is 14.0. The Balaban J connectivity index is 0.00000338. The Bertz CT molecular complexity index is 690. The Morgan fingerprint density at radius 3 is 2.54 bits per heavy atom.